The Morgan fingerprint density at radius 2 is 1.96 bits per heavy atom. The Morgan fingerprint density at radius 3 is 2.54 bits per heavy atom. The van der Waals surface area contributed by atoms with Gasteiger partial charge in [-0.05, 0) is 36.5 Å². The molecule has 0 radical (unpaired) electrons. The number of urea groups is 1. The molecule has 1 saturated carbocycles. The Kier molecular flexibility index (Phi) is 7.35. The zero-order valence-corrected chi connectivity index (χ0v) is 17.1. The summed E-state index contributed by atoms with van der Waals surface area (Å²) in [6.45, 7) is 4.86. The highest BCUT2D eigenvalue weighted by Crippen LogP contribution is 2.36. The molecule has 3 amide bonds. The summed E-state index contributed by atoms with van der Waals surface area (Å²) in [6.07, 6.45) is 5.83. The van der Waals surface area contributed by atoms with Gasteiger partial charge in [0.1, 0.15) is 10.7 Å². The number of rotatable bonds is 7. The lowest BCUT2D eigenvalue weighted by Crippen LogP contribution is -2.40. The normalized spacial score (nSPS) is 15.8. The highest BCUT2D eigenvalue weighted by molar-refractivity contribution is 7.91. The van der Waals surface area contributed by atoms with Crippen LogP contribution < -0.4 is 10.6 Å². The van der Waals surface area contributed by atoms with E-state index < -0.39 is 38.4 Å². The topological polar surface area (TPSA) is 92.3 Å². The Balaban J connectivity index is 2.43. The zero-order valence-electron chi connectivity index (χ0n) is 16.3. The van der Waals surface area contributed by atoms with Crippen molar-refractivity contribution in [1.29, 1.82) is 0 Å². The van der Waals surface area contributed by atoms with E-state index in [1.54, 1.807) is 0 Å². The summed E-state index contributed by atoms with van der Waals surface area (Å²) in [5, 5.41) is 4.60. The monoisotopic (exact) mass is 410 g/mol. The molecule has 1 aromatic carbocycles. The van der Waals surface area contributed by atoms with Crippen LogP contribution in [0.1, 0.15) is 49.1 Å². The Morgan fingerprint density at radius 1 is 1.32 bits per heavy atom. The summed E-state index contributed by atoms with van der Waals surface area (Å²) in [7, 11) is -2.43. The van der Waals surface area contributed by atoms with Crippen LogP contribution in [0.2, 0.25) is 0 Å². The molecule has 0 bridgehead atoms. The van der Waals surface area contributed by atoms with Gasteiger partial charge in [0.05, 0.1) is 11.7 Å². The zero-order chi connectivity index (χ0) is 20.9. The minimum atomic E-state index is -3.83. The molecular formula is C20H27FN2O4S. The molecule has 0 aliphatic heterocycles. The van der Waals surface area contributed by atoms with Crippen LogP contribution in [0.15, 0.2) is 29.7 Å². The number of carbonyl (C=O) groups excluding carboxylic acids is 2. The standard InChI is InChI=1S/C20H27FN2O4S/c1-4-11-28(26,27)17-10-9-15(13(2)18(17)21)16(12-14-7-5-6-8-14)19(24)23-20(25)22-3/h4,9-10,14,16H,1,5-8,11-12H2,2-3H3,(H2,22,23,24,25). The summed E-state index contributed by atoms with van der Waals surface area (Å²) >= 11 is 0. The molecule has 154 valence electrons. The molecule has 2 rings (SSSR count). The Hall–Kier alpha value is -2.22. The lowest BCUT2D eigenvalue weighted by molar-refractivity contribution is -0.121. The predicted molar refractivity (Wildman–Crippen MR) is 105 cm³/mol. The smallest absolute Gasteiger partial charge is 0.321 e. The van der Waals surface area contributed by atoms with E-state index in [2.05, 4.69) is 17.2 Å². The average Bonchev–Trinajstić information content (AvgIpc) is 3.15. The summed E-state index contributed by atoms with van der Waals surface area (Å²) in [5.41, 5.74) is 0.517. The van der Waals surface area contributed by atoms with E-state index in [-0.39, 0.29) is 11.3 Å². The second kappa shape index (κ2) is 9.32. The van der Waals surface area contributed by atoms with Gasteiger partial charge < -0.3 is 5.32 Å². The summed E-state index contributed by atoms with van der Waals surface area (Å²) in [4.78, 5) is 23.9. The molecule has 1 atom stereocenters. The van der Waals surface area contributed by atoms with Crippen molar-refractivity contribution in [3.63, 3.8) is 0 Å². The summed E-state index contributed by atoms with van der Waals surface area (Å²) in [5.74, 6) is -2.16. The maximum atomic E-state index is 14.9. The van der Waals surface area contributed by atoms with Gasteiger partial charge in [0.2, 0.25) is 5.91 Å². The van der Waals surface area contributed by atoms with Crippen molar-refractivity contribution in [3.8, 4) is 0 Å². The minimum Gasteiger partial charge on any atom is -0.341 e. The summed E-state index contributed by atoms with van der Waals surface area (Å²) in [6, 6.07) is 2.05. The number of nitrogens with one attached hydrogen (secondary N) is 2. The largest absolute Gasteiger partial charge is 0.341 e. The lowest BCUT2D eigenvalue weighted by atomic mass is 9.85. The number of sulfone groups is 1. The van der Waals surface area contributed by atoms with E-state index in [9.17, 15) is 22.4 Å². The quantitative estimate of drug-likeness (QED) is 0.675. The van der Waals surface area contributed by atoms with Crippen LogP contribution >= 0.6 is 0 Å². The molecule has 8 heteroatoms. The molecule has 1 aliphatic rings. The fourth-order valence-electron chi connectivity index (χ4n) is 3.75. The lowest BCUT2D eigenvalue weighted by Gasteiger charge is -2.22. The first-order chi connectivity index (χ1) is 13.2. The molecule has 1 unspecified atom stereocenters. The molecule has 0 aromatic heterocycles. The Labute approximate surface area is 165 Å². The van der Waals surface area contributed by atoms with E-state index >= 15 is 0 Å². The molecule has 28 heavy (non-hydrogen) atoms. The van der Waals surface area contributed by atoms with Gasteiger partial charge in [0, 0.05) is 7.05 Å². The van der Waals surface area contributed by atoms with Gasteiger partial charge in [-0.15, -0.1) is 6.58 Å². The third kappa shape index (κ3) is 4.98. The maximum absolute atomic E-state index is 14.9. The van der Waals surface area contributed by atoms with Gasteiger partial charge in [-0.3, -0.25) is 10.1 Å². The van der Waals surface area contributed by atoms with Crippen LogP contribution in [0, 0.1) is 18.7 Å². The van der Waals surface area contributed by atoms with Gasteiger partial charge in [0.25, 0.3) is 0 Å². The van der Waals surface area contributed by atoms with Crippen molar-refractivity contribution >= 4 is 21.8 Å². The number of hydrogen-bond donors (Lipinski definition) is 2. The molecule has 1 aliphatic carbocycles. The summed E-state index contributed by atoms with van der Waals surface area (Å²) < 4.78 is 39.4. The molecule has 2 N–H and O–H groups in total. The van der Waals surface area contributed by atoms with Crippen molar-refractivity contribution in [2.45, 2.75) is 49.8 Å². The highest BCUT2D eigenvalue weighted by atomic mass is 32.2. The second-order valence-corrected chi connectivity index (χ2v) is 9.17. The number of amides is 3. The maximum Gasteiger partial charge on any atom is 0.321 e. The van der Waals surface area contributed by atoms with Gasteiger partial charge in [0.15, 0.2) is 9.84 Å². The molecule has 6 nitrogen and oxygen atoms in total. The van der Waals surface area contributed by atoms with Gasteiger partial charge >= 0.3 is 6.03 Å². The molecule has 0 saturated heterocycles. The minimum absolute atomic E-state index is 0.111. The molecule has 0 heterocycles. The molecule has 1 aromatic rings. The number of benzene rings is 1. The van der Waals surface area contributed by atoms with Crippen molar-refractivity contribution in [2.75, 3.05) is 12.8 Å². The van der Waals surface area contributed by atoms with Gasteiger partial charge in [-0.25, -0.2) is 17.6 Å². The highest BCUT2D eigenvalue weighted by Gasteiger charge is 2.31. The predicted octanol–water partition coefficient (Wildman–Crippen LogP) is 3.21. The first-order valence-electron chi connectivity index (χ1n) is 9.36. The van der Waals surface area contributed by atoms with Crippen molar-refractivity contribution < 1.29 is 22.4 Å². The van der Waals surface area contributed by atoms with Gasteiger partial charge in [-0.2, -0.15) is 0 Å². The number of halogens is 1. The third-order valence-corrected chi connectivity index (χ3v) is 6.92. The van der Waals surface area contributed by atoms with Crippen LogP contribution in [0.3, 0.4) is 0 Å². The van der Waals surface area contributed by atoms with E-state index in [1.807, 2.05) is 0 Å². The fraction of sp³-hybridized carbons (Fsp3) is 0.500. The molecule has 0 spiro atoms. The SMILES string of the molecule is C=CCS(=O)(=O)c1ccc(C(CC2CCCC2)C(=O)NC(=O)NC)c(C)c1F. The van der Waals surface area contributed by atoms with Crippen LogP contribution in [0.25, 0.3) is 0 Å². The van der Waals surface area contributed by atoms with E-state index in [1.165, 1.54) is 32.2 Å². The fourth-order valence-corrected chi connectivity index (χ4v) is 4.95. The third-order valence-electron chi connectivity index (χ3n) is 5.26. The molecule has 1 fully saturated rings. The molecular weight excluding hydrogens is 383 g/mol. The first kappa shape index (κ1) is 22.1. The van der Waals surface area contributed by atoms with Crippen LogP contribution in [0.4, 0.5) is 9.18 Å². The van der Waals surface area contributed by atoms with E-state index in [4.69, 9.17) is 0 Å². The number of carbonyl (C=O) groups is 2. The second-order valence-electron chi connectivity index (χ2n) is 7.17. The first-order valence-corrected chi connectivity index (χ1v) is 11.0. The van der Waals surface area contributed by atoms with E-state index in [0.717, 1.165) is 25.7 Å². The van der Waals surface area contributed by atoms with Crippen LogP contribution in [0.5, 0.6) is 0 Å². The number of hydrogen-bond acceptors (Lipinski definition) is 4. The van der Waals surface area contributed by atoms with E-state index in [0.29, 0.717) is 17.9 Å². The number of imide groups is 1. The average molecular weight is 411 g/mol. The van der Waals surface area contributed by atoms with Gasteiger partial charge in [-0.1, -0.05) is 37.8 Å². The Bertz CT molecular complexity index is 861. The van der Waals surface area contributed by atoms with Crippen LogP contribution in [-0.2, 0) is 14.6 Å². The van der Waals surface area contributed by atoms with Crippen molar-refractivity contribution in [1.82, 2.24) is 10.6 Å². The van der Waals surface area contributed by atoms with Crippen LogP contribution in [-0.4, -0.2) is 33.2 Å². The van der Waals surface area contributed by atoms with Crippen molar-refractivity contribution in [3.05, 3.63) is 41.7 Å². The van der Waals surface area contributed by atoms with Crippen molar-refractivity contribution in [2.24, 2.45) is 5.92 Å².